The summed E-state index contributed by atoms with van der Waals surface area (Å²) in [6.07, 6.45) is -4.12. The summed E-state index contributed by atoms with van der Waals surface area (Å²) in [5.74, 6) is -2.33. The van der Waals surface area contributed by atoms with E-state index in [1.54, 1.807) is 0 Å². The first-order chi connectivity index (χ1) is 11.6. The molecule has 0 bridgehead atoms. The maximum Gasteiger partial charge on any atom is 0.356 e. The smallest absolute Gasteiger partial charge is 0.356 e. The second-order valence-electron chi connectivity index (χ2n) is 5.54. The molecule has 0 radical (unpaired) electrons. The van der Waals surface area contributed by atoms with Crippen LogP contribution in [0, 0.1) is 0 Å². The fourth-order valence-electron chi connectivity index (χ4n) is 2.51. The van der Waals surface area contributed by atoms with Gasteiger partial charge in [0.05, 0.1) is 17.0 Å². The molecule has 1 unspecified atom stereocenters. The highest BCUT2D eigenvalue weighted by Crippen LogP contribution is 2.45. The van der Waals surface area contributed by atoms with Crippen molar-refractivity contribution in [1.82, 2.24) is 9.97 Å². The van der Waals surface area contributed by atoms with Crippen molar-refractivity contribution in [3.8, 4) is 11.6 Å². The van der Waals surface area contributed by atoms with Gasteiger partial charge in [0.1, 0.15) is 11.9 Å². The minimum Gasteiger partial charge on any atom is -0.508 e. The number of aromatic hydroxyl groups is 1. The summed E-state index contributed by atoms with van der Waals surface area (Å²) in [7, 11) is -4.86. The quantitative estimate of drug-likeness (QED) is 0.371. The van der Waals surface area contributed by atoms with E-state index < -0.39 is 31.9 Å². The van der Waals surface area contributed by atoms with Crippen LogP contribution in [-0.2, 0) is 9.30 Å². The van der Waals surface area contributed by atoms with Crippen LogP contribution in [0.5, 0.6) is 11.6 Å². The van der Waals surface area contributed by atoms with Crippen molar-refractivity contribution in [3.05, 3.63) is 18.2 Å². The van der Waals surface area contributed by atoms with E-state index in [2.05, 4.69) is 9.97 Å². The van der Waals surface area contributed by atoms with Gasteiger partial charge in [-0.15, -0.1) is 0 Å². The van der Waals surface area contributed by atoms with Crippen molar-refractivity contribution in [1.29, 1.82) is 0 Å². The van der Waals surface area contributed by atoms with Gasteiger partial charge in [-0.1, -0.05) is 0 Å². The molecule has 0 saturated carbocycles. The Bertz CT molecular complexity index is 838. The zero-order valence-corrected chi connectivity index (χ0v) is 13.5. The minimum atomic E-state index is -4.86. The normalized spacial score (nSPS) is 25.2. The number of fused-ring (bicyclic) bond motifs is 1. The van der Waals surface area contributed by atoms with Crippen LogP contribution in [0.2, 0.25) is 0 Å². The Kier molecular flexibility index (Phi) is 4.54. The molecular weight excluding hydrogens is 357 g/mol. The monoisotopic (exact) mass is 373 g/mol. The molecule has 4 atom stereocenters. The lowest BCUT2D eigenvalue weighted by Gasteiger charge is -2.21. The first-order valence-corrected chi connectivity index (χ1v) is 8.83. The Labute approximate surface area is 140 Å². The van der Waals surface area contributed by atoms with Gasteiger partial charge in [0.25, 0.3) is 0 Å². The zero-order valence-electron chi connectivity index (χ0n) is 12.6. The first-order valence-electron chi connectivity index (χ1n) is 7.15. The molecule has 11 nitrogen and oxygen atoms in total. The standard InChI is InChI=1S/C13H16N3O8P/c14-13-15-7-3-5(17)1-2-6(7)11(16-13)24-9-4-8(18)10(23-9)12(19)25(20,21)22/h1-3,8-10,12,17-19H,4H2,(H2,14,15,16)(H2,20,21,22)/t8-,9-,10-,12?/m0/s1. The van der Waals surface area contributed by atoms with Gasteiger partial charge >= 0.3 is 7.60 Å². The third-order valence-corrected chi connectivity index (χ3v) is 4.65. The largest absolute Gasteiger partial charge is 0.508 e. The molecule has 25 heavy (non-hydrogen) atoms. The summed E-state index contributed by atoms with van der Waals surface area (Å²) < 4.78 is 21.9. The van der Waals surface area contributed by atoms with Crippen LogP contribution in [0.3, 0.4) is 0 Å². The summed E-state index contributed by atoms with van der Waals surface area (Å²) in [6, 6.07) is 4.23. The average Bonchev–Trinajstić information content (AvgIpc) is 2.85. The van der Waals surface area contributed by atoms with E-state index in [0.717, 1.165) is 0 Å². The van der Waals surface area contributed by atoms with Crippen molar-refractivity contribution in [2.24, 2.45) is 0 Å². The number of phenols is 1. The number of nitrogens with zero attached hydrogens (tertiary/aromatic N) is 2. The van der Waals surface area contributed by atoms with Gasteiger partial charge < -0.3 is 40.3 Å². The number of anilines is 1. The molecule has 0 spiro atoms. The predicted molar refractivity (Wildman–Crippen MR) is 83.6 cm³/mol. The van der Waals surface area contributed by atoms with Crippen molar-refractivity contribution in [2.75, 3.05) is 5.73 Å². The number of aliphatic hydroxyl groups is 2. The van der Waals surface area contributed by atoms with Crippen molar-refractivity contribution in [2.45, 2.75) is 30.8 Å². The summed E-state index contributed by atoms with van der Waals surface area (Å²) in [5.41, 5.74) is 5.90. The number of benzene rings is 1. The molecule has 1 aliphatic rings. The van der Waals surface area contributed by atoms with Crippen molar-refractivity contribution < 1.29 is 39.1 Å². The molecule has 1 aromatic heterocycles. The molecule has 3 rings (SSSR count). The Hall–Kier alpha value is -2.01. The highest BCUT2D eigenvalue weighted by atomic mass is 31.2. The lowest BCUT2D eigenvalue weighted by molar-refractivity contribution is -0.106. The van der Waals surface area contributed by atoms with Crippen LogP contribution in [-0.4, -0.2) is 59.4 Å². The second-order valence-corrected chi connectivity index (χ2v) is 7.25. The Morgan fingerprint density at radius 1 is 1.36 bits per heavy atom. The third kappa shape index (κ3) is 3.66. The number of aromatic nitrogens is 2. The number of hydrogen-bond acceptors (Lipinski definition) is 9. The Morgan fingerprint density at radius 2 is 2.08 bits per heavy atom. The van der Waals surface area contributed by atoms with E-state index in [1.807, 2.05) is 0 Å². The highest BCUT2D eigenvalue weighted by Gasteiger charge is 2.46. The van der Waals surface area contributed by atoms with Crippen LogP contribution >= 0.6 is 7.60 Å². The molecule has 0 amide bonds. The summed E-state index contributed by atoms with van der Waals surface area (Å²) >= 11 is 0. The lowest BCUT2D eigenvalue weighted by Crippen LogP contribution is -2.34. The van der Waals surface area contributed by atoms with E-state index in [-0.39, 0.29) is 24.0 Å². The maximum absolute atomic E-state index is 11.1. The first kappa shape index (κ1) is 17.8. The van der Waals surface area contributed by atoms with E-state index in [4.69, 9.17) is 25.0 Å². The lowest BCUT2D eigenvalue weighted by atomic mass is 10.2. The average molecular weight is 373 g/mol. The van der Waals surface area contributed by atoms with Gasteiger partial charge in [-0.05, 0) is 12.1 Å². The number of phenolic OH excluding ortho intramolecular Hbond substituents is 1. The van der Waals surface area contributed by atoms with Gasteiger partial charge in [-0.3, -0.25) is 4.57 Å². The highest BCUT2D eigenvalue weighted by molar-refractivity contribution is 7.52. The fraction of sp³-hybridized carbons (Fsp3) is 0.385. The second kappa shape index (κ2) is 6.37. The molecule has 2 aromatic rings. The van der Waals surface area contributed by atoms with Crippen LogP contribution in [0.4, 0.5) is 5.95 Å². The molecule has 7 N–H and O–H groups in total. The van der Waals surface area contributed by atoms with Crippen LogP contribution < -0.4 is 10.5 Å². The van der Waals surface area contributed by atoms with Gasteiger partial charge in [0, 0.05) is 12.5 Å². The maximum atomic E-state index is 11.1. The van der Waals surface area contributed by atoms with Crippen molar-refractivity contribution >= 4 is 24.4 Å². The van der Waals surface area contributed by atoms with Crippen molar-refractivity contribution in [3.63, 3.8) is 0 Å². The number of nitrogens with two attached hydrogens (primary N) is 1. The molecular formula is C13H16N3O8P. The molecule has 1 aliphatic heterocycles. The van der Waals surface area contributed by atoms with E-state index >= 15 is 0 Å². The fourth-order valence-corrected chi connectivity index (χ4v) is 3.16. The van der Waals surface area contributed by atoms with Crippen LogP contribution in [0.25, 0.3) is 10.9 Å². The van der Waals surface area contributed by atoms with E-state index in [9.17, 15) is 19.9 Å². The number of rotatable bonds is 4. The van der Waals surface area contributed by atoms with E-state index in [1.165, 1.54) is 18.2 Å². The van der Waals surface area contributed by atoms with Crippen LogP contribution in [0.1, 0.15) is 6.42 Å². The molecule has 12 heteroatoms. The van der Waals surface area contributed by atoms with Gasteiger partial charge in [0.2, 0.25) is 18.1 Å². The molecule has 0 aliphatic carbocycles. The molecule has 2 heterocycles. The summed E-state index contributed by atoms with van der Waals surface area (Å²) in [4.78, 5) is 25.9. The number of aliphatic hydroxyl groups excluding tert-OH is 2. The SMILES string of the molecule is Nc1nc(O[C@H]2C[C@H](O)[C@@H](C(O)P(=O)(O)O)O2)c2ccc(O)cc2n1. The molecule has 1 fully saturated rings. The molecule has 1 saturated heterocycles. The van der Waals surface area contributed by atoms with E-state index in [0.29, 0.717) is 10.9 Å². The Balaban J connectivity index is 1.84. The molecule has 136 valence electrons. The number of hydrogen-bond donors (Lipinski definition) is 6. The topological polar surface area (TPSA) is 188 Å². The third-order valence-electron chi connectivity index (χ3n) is 3.67. The predicted octanol–water partition coefficient (Wildman–Crippen LogP) is -0.732. The van der Waals surface area contributed by atoms with Crippen LogP contribution in [0.15, 0.2) is 18.2 Å². The number of nitrogen functional groups attached to an aromatic ring is 1. The van der Waals surface area contributed by atoms with Gasteiger partial charge in [-0.25, -0.2) is 4.98 Å². The minimum absolute atomic E-state index is 0.00557. The van der Waals surface area contributed by atoms with Gasteiger partial charge in [-0.2, -0.15) is 4.98 Å². The van der Waals surface area contributed by atoms with Gasteiger partial charge in [0.15, 0.2) is 5.85 Å². The number of ether oxygens (including phenoxy) is 2. The zero-order chi connectivity index (χ0) is 18.4. The Morgan fingerprint density at radius 3 is 2.76 bits per heavy atom. The summed E-state index contributed by atoms with van der Waals surface area (Å²) in [6.45, 7) is 0. The molecule has 1 aromatic carbocycles. The summed E-state index contributed by atoms with van der Waals surface area (Å²) in [5, 5.41) is 29.4.